The lowest BCUT2D eigenvalue weighted by atomic mass is 9.88. The highest BCUT2D eigenvalue weighted by atomic mass is 35.5. The van der Waals surface area contributed by atoms with Crippen molar-refractivity contribution in [3.8, 4) is 0 Å². The van der Waals surface area contributed by atoms with E-state index in [0.29, 0.717) is 0 Å². The summed E-state index contributed by atoms with van der Waals surface area (Å²) in [5, 5.41) is 9.13. The van der Waals surface area contributed by atoms with E-state index >= 15 is 0 Å². The van der Waals surface area contributed by atoms with Gasteiger partial charge in [0.15, 0.2) is 0 Å². The first-order valence-electron chi connectivity index (χ1n) is 7.06. The van der Waals surface area contributed by atoms with Crippen LogP contribution in [0.5, 0.6) is 0 Å². The SMILES string of the molecule is O=C(O)CC1CC2CCC(C1)N2C(=O)c1cncc(Cl)n1. The van der Waals surface area contributed by atoms with Crippen molar-refractivity contribution in [2.24, 2.45) is 5.92 Å². The second-order valence-corrected chi connectivity index (χ2v) is 6.15. The van der Waals surface area contributed by atoms with Gasteiger partial charge in [-0.05, 0) is 31.6 Å². The highest BCUT2D eigenvalue weighted by molar-refractivity contribution is 6.29. The number of fused-ring (bicyclic) bond motifs is 2. The lowest BCUT2D eigenvalue weighted by Gasteiger charge is -2.38. The maximum atomic E-state index is 12.6. The number of aromatic nitrogens is 2. The monoisotopic (exact) mass is 309 g/mol. The molecule has 2 atom stereocenters. The Hall–Kier alpha value is -1.69. The predicted octanol–water partition coefficient (Wildman–Crippen LogP) is 1.99. The van der Waals surface area contributed by atoms with Crippen LogP contribution in [-0.4, -0.2) is 43.9 Å². The minimum absolute atomic E-state index is 0.112. The van der Waals surface area contributed by atoms with Crippen molar-refractivity contribution in [1.82, 2.24) is 14.9 Å². The number of amides is 1. The van der Waals surface area contributed by atoms with Gasteiger partial charge in [0.2, 0.25) is 0 Å². The number of carboxylic acids is 1. The molecular formula is C14H16ClN3O3. The van der Waals surface area contributed by atoms with E-state index in [-0.39, 0.29) is 41.2 Å². The molecule has 2 bridgehead atoms. The maximum Gasteiger partial charge on any atom is 0.303 e. The molecule has 3 rings (SSSR count). The summed E-state index contributed by atoms with van der Waals surface area (Å²) >= 11 is 5.79. The molecule has 1 amide bonds. The number of rotatable bonds is 3. The Labute approximate surface area is 127 Å². The Balaban J connectivity index is 1.76. The van der Waals surface area contributed by atoms with Crippen LogP contribution in [0.25, 0.3) is 0 Å². The number of piperidine rings is 1. The number of carboxylic acid groups (broad SMARTS) is 1. The second kappa shape index (κ2) is 5.60. The van der Waals surface area contributed by atoms with Gasteiger partial charge in [0.1, 0.15) is 10.8 Å². The summed E-state index contributed by atoms with van der Waals surface area (Å²) in [5.74, 6) is -0.749. The highest BCUT2D eigenvalue weighted by Gasteiger charge is 2.44. The average Bonchev–Trinajstić information content (AvgIpc) is 2.69. The number of hydrogen-bond donors (Lipinski definition) is 1. The van der Waals surface area contributed by atoms with Crippen LogP contribution in [0.1, 0.15) is 42.6 Å². The number of carbonyl (C=O) groups is 2. The average molecular weight is 310 g/mol. The van der Waals surface area contributed by atoms with Crippen molar-refractivity contribution in [3.63, 3.8) is 0 Å². The minimum atomic E-state index is -0.764. The van der Waals surface area contributed by atoms with Crippen molar-refractivity contribution in [2.45, 2.75) is 44.2 Å². The van der Waals surface area contributed by atoms with Gasteiger partial charge in [0, 0.05) is 18.5 Å². The van der Waals surface area contributed by atoms with E-state index in [1.165, 1.54) is 12.4 Å². The zero-order valence-electron chi connectivity index (χ0n) is 11.4. The van der Waals surface area contributed by atoms with Crippen LogP contribution in [0.4, 0.5) is 0 Å². The van der Waals surface area contributed by atoms with E-state index in [9.17, 15) is 9.59 Å². The molecule has 7 heteroatoms. The molecule has 1 aromatic heterocycles. The smallest absolute Gasteiger partial charge is 0.303 e. The molecule has 3 heterocycles. The molecule has 21 heavy (non-hydrogen) atoms. The third-order valence-corrected chi connectivity index (χ3v) is 4.53. The third-order valence-electron chi connectivity index (χ3n) is 4.35. The summed E-state index contributed by atoms with van der Waals surface area (Å²) in [6, 6.07) is 0.225. The number of halogens is 1. The van der Waals surface area contributed by atoms with Crippen LogP contribution in [-0.2, 0) is 4.79 Å². The van der Waals surface area contributed by atoms with Crippen molar-refractivity contribution in [1.29, 1.82) is 0 Å². The molecule has 2 fully saturated rings. The largest absolute Gasteiger partial charge is 0.481 e. The van der Waals surface area contributed by atoms with Gasteiger partial charge in [-0.15, -0.1) is 0 Å². The fraction of sp³-hybridized carbons (Fsp3) is 0.571. The molecule has 0 aliphatic carbocycles. The summed E-state index contributed by atoms with van der Waals surface area (Å²) in [4.78, 5) is 33.2. The number of hydrogen-bond acceptors (Lipinski definition) is 4. The first-order valence-corrected chi connectivity index (χ1v) is 7.44. The van der Waals surface area contributed by atoms with Crippen LogP contribution in [0.15, 0.2) is 12.4 Å². The van der Waals surface area contributed by atoms with Crippen molar-refractivity contribution >= 4 is 23.5 Å². The van der Waals surface area contributed by atoms with Crippen molar-refractivity contribution in [2.75, 3.05) is 0 Å². The van der Waals surface area contributed by atoms with Gasteiger partial charge < -0.3 is 10.0 Å². The zero-order valence-corrected chi connectivity index (χ0v) is 12.2. The molecule has 1 N–H and O–H groups in total. The highest BCUT2D eigenvalue weighted by Crippen LogP contribution is 2.40. The molecule has 2 aliphatic heterocycles. The summed E-state index contributed by atoms with van der Waals surface area (Å²) < 4.78 is 0. The standard InChI is InChI=1S/C14H16ClN3O3/c15-12-7-16-6-11(17-12)14(21)18-9-1-2-10(18)4-8(3-9)5-13(19)20/h6-10H,1-5H2,(H,19,20). The molecule has 0 radical (unpaired) electrons. The summed E-state index contributed by atoms with van der Waals surface area (Å²) in [7, 11) is 0. The molecule has 1 aromatic rings. The second-order valence-electron chi connectivity index (χ2n) is 5.76. The van der Waals surface area contributed by atoms with Crippen LogP contribution in [0.3, 0.4) is 0 Å². The number of nitrogens with zero attached hydrogens (tertiary/aromatic N) is 3. The van der Waals surface area contributed by atoms with Crippen LogP contribution >= 0.6 is 11.6 Å². The van der Waals surface area contributed by atoms with Crippen LogP contribution in [0, 0.1) is 5.92 Å². The summed E-state index contributed by atoms with van der Waals surface area (Å²) in [5.41, 5.74) is 0.260. The topological polar surface area (TPSA) is 83.4 Å². The molecule has 2 aliphatic rings. The van der Waals surface area contributed by atoms with E-state index in [1.807, 2.05) is 4.90 Å². The van der Waals surface area contributed by atoms with Gasteiger partial charge in [-0.3, -0.25) is 14.6 Å². The van der Waals surface area contributed by atoms with Gasteiger partial charge in [0.25, 0.3) is 5.91 Å². The third kappa shape index (κ3) is 2.85. The van der Waals surface area contributed by atoms with E-state index in [4.69, 9.17) is 16.7 Å². The molecule has 6 nitrogen and oxygen atoms in total. The van der Waals surface area contributed by atoms with Gasteiger partial charge in [-0.25, -0.2) is 4.98 Å². The molecular weight excluding hydrogens is 294 g/mol. The fourth-order valence-corrected chi connectivity index (χ4v) is 3.76. The lowest BCUT2D eigenvalue weighted by molar-refractivity contribution is -0.138. The Morgan fingerprint density at radius 3 is 2.52 bits per heavy atom. The Morgan fingerprint density at radius 2 is 1.95 bits per heavy atom. The summed E-state index contributed by atoms with van der Waals surface area (Å²) in [6.07, 6.45) is 6.38. The van der Waals surface area contributed by atoms with E-state index in [0.717, 1.165) is 25.7 Å². The Bertz CT molecular complexity index is 566. The Morgan fingerprint density at radius 1 is 1.29 bits per heavy atom. The van der Waals surface area contributed by atoms with E-state index < -0.39 is 5.97 Å². The molecule has 2 saturated heterocycles. The van der Waals surface area contributed by atoms with Crippen LogP contribution in [0.2, 0.25) is 5.15 Å². The molecule has 2 unspecified atom stereocenters. The first-order chi connectivity index (χ1) is 10.0. The predicted molar refractivity (Wildman–Crippen MR) is 75.0 cm³/mol. The molecule has 112 valence electrons. The maximum absolute atomic E-state index is 12.6. The Kier molecular flexibility index (Phi) is 3.80. The molecule has 0 spiro atoms. The minimum Gasteiger partial charge on any atom is -0.481 e. The quantitative estimate of drug-likeness (QED) is 0.923. The van der Waals surface area contributed by atoms with E-state index in [2.05, 4.69) is 9.97 Å². The summed E-state index contributed by atoms with van der Waals surface area (Å²) in [6.45, 7) is 0. The van der Waals surface area contributed by atoms with E-state index in [1.54, 1.807) is 0 Å². The lowest BCUT2D eigenvalue weighted by Crippen LogP contribution is -2.47. The van der Waals surface area contributed by atoms with Crippen LogP contribution < -0.4 is 0 Å². The number of carbonyl (C=O) groups excluding carboxylic acids is 1. The molecule has 0 aromatic carbocycles. The van der Waals surface area contributed by atoms with Crippen molar-refractivity contribution < 1.29 is 14.7 Å². The zero-order chi connectivity index (χ0) is 15.0. The first kappa shape index (κ1) is 14.3. The number of aliphatic carboxylic acids is 1. The van der Waals surface area contributed by atoms with Gasteiger partial charge in [-0.2, -0.15) is 0 Å². The molecule has 0 saturated carbocycles. The van der Waals surface area contributed by atoms with Crippen molar-refractivity contribution in [3.05, 3.63) is 23.2 Å². The fourth-order valence-electron chi connectivity index (χ4n) is 3.61. The normalized spacial score (nSPS) is 27.7. The van der Waals surface area contributed by atoms with Gasteiger partial charge >= 0.3 is 5.97 Å². The van der Waals surface area contributed by atoms with Gasteiger partial charge in [0.05, 0.1) is 12.4 Å². The van der Waals surface area contributed by atoms with Gasteiger partial charge in [-0.1, -0.05) is 11.6 Å².